The van der Waals surface area contributed by atoms with E-state index in [-0.39, 0.29) is 27.6 Å². The summed E-state index contributed by atoms with van der Waals surface area (Å²) in [6, 6.07) is 20.7. The number of rotatable bonds is 66. The van der Waals surface area contributed by atoms with E-state index in [4.69, 9.17) is 20.2 Å². The number of unbranched alkanes of at least 4 members (excludes halogenated alkanes) is 43. The molecule has 4 aromatic carbocycles. The number of hydrogen-bond donors (Lipinski definition) is 4. The van der Waals surface area contributed by atoms with Crippen molar-refractivity contribution in [3.8, 4) is 23.0 Å². The minimum absolute atomic E-state index is 0. The van der Waals surface area contributed by atoms with Crippen LogP contribution >= 0.6 is 0 Å². The zero-order valence-corrected chi connectivity index (χ0v) is 72.4. The molecule has 0 radical (unpaired) electrons. The zero-order valence-electron chi connectivity index (χ0n) is 71.4. The molecule has 0 aliphatic heterocycles. The summed E-state index contributed by atoms with van der Waals surface area (Å²) in [6.45, 7) is 17.1. The van der Waals surface area contributed by atoms with Gasteiger partial charge in [0.1, 0.15) is 11.5 Å². The van der Waals surface area contributed by atoms with Crippen molar-refractivity contribution < 1.29 is 56.7 Å². The number of aromatic hydroxyl groups is 2. The Morgan fingerprint density at radius 2 is 0.573 bits per heavy atom. The molecule has 0 saturated carbocycles. The molecule has 0 aromatic heterocycles. The van der Waals surface area contributed by atoms with Crippen LogP contribution in [0.15, 0.2) is 95.0 Å². The first kappa shape index (κ1) is 102. The van der Waals surface area contributed by atoms with Gasteiger partial charge in [-0.15, -0.1) is 0 Å². The normalized spacial score (nSPS) is 11.7. The van der Waals surface area contributed by atoms with Crippen molar-refractivity contribution in [1.82, 2.24) is 0 Å². The Kier molecular flexibility index (Phi) is 66.2. The molecule has 4 rings (SSSR count). The van der Waals surface area contributed by atoms with Gasteiger partial charge in [-0.05, 0) is 186 Å². The fourth-order valence-electron chi connectivity index (χ4n) is 14.9. The molecule has 4 aromatic rings. The second-order valence-electron chi connectivity index (χ2n) is 31.3. The van der Waals surface area contributed by atoms with Crippen LogP contribution in [-0.4, -0.2) is 43.8 Å². The molecule has 0 unspecified atom stereocenters. The van der Waals surface area contributed by atoms with Crippen molar-refractivity contribution in [3.05, 3.63) is 129 Å². The van der Waals surface area contributed by atoms with Gasteiger partial charge in [-0.3, -0.25) is 9.98 Å². The van der Waals surface area contributed by atoms with Crippen molar-refractivity contribution in [3.63, 3.8) is 0 Å². The summed E-state index contributed by atoms with van der Waals surface area (Å²) in [4.78, 5) is 33.4. The second kappa shape index (κ2) is 71.1. The Morgan fingerprint density at radius 3 is 0.864 bits per heavy atom. The molecule has 0 bridgehead atoms. The number of hydrogen-bond acceptors (Lipinski definition) is 8. The van der Waals surface area contributed by atoms with Crippen LogP contribution in [0.3, 0.4) is 0 Å². The summed E-state index contributed by atoms with van der Waals surface area (Å²) in [5, 5.41) is 60.6. The second-order valence-corrected chi connectivity index (χ2v) is 31.3. The molecule has 0 saturated heterocycles. The number of para-hydroxylation sites is 2. The molecule has 11 heteroatoms. The van der Waals surface area contributed by atoms with E-state index in [1.807, 2.05) is 13.8 Å². The van der Waals surface area contributed by atoms with Crippen LogP contribution in [0.25, 0.3) is 0 Å². The first-order valence-corrected chi connectivity index (χ1v) is 45.4. The number of nitrogens with zero attached hydrogens (tertiary/aromatic N) is 2. The molecule has 0 aliphatic carbocycles. The number of aryl methyl sites for hydroxylation is 4. The number of carbonyl (C=O) groups is 2. The number of aliphatic imine (C=N–C) groups is 2. The summed E-state index contributed by atoms with van der Waals surface area (Å²) >= 11 is 0. The number of benzene rings is 4. The Balaban J connectivity index is 0.00000132. The van der Waals surface area contributed by atoms with Crippen LogP contribution in [0.5, 0.6) is 23.0 Å². The van der Waals surface area contributed by atoms with Gasteiger partial charge in [0.15, 0.2) is 0 Å². The van der Waals surface area contributed by atoms with Crippen LogP contribution in [0.4, 0.5) is 11.4 Å². The molecule has 0 fully saturated rings. The Morgan fingerprint density at radius 1 is 0.318 bits per heavy atom. The molecule has 0 heterocycles. The fraction of sp³-hybridized carbons (Fsp3) is 0.677. The summed E-state index contributed by atoms with van der Waals surface area (Å²) in [5.41, 5.74) is 9.64. The van der Waals surface area contributed by atoms with E-state index in [1.54, 1.807) is 0 Å². The molecule has 0 amide bonds. The van der Waals surface area contributed by atoms with Crippen molar-refractivity contribution in [1.29, 1.82) is 0 Å². The van der Waals surface area contributed by atoms with Crippen LogP contribution in [0.1, 0.15) is 450 Å². The first-order chi connectivity index (χ1) is 53.3. The van der Waals surface area contributed by atoms with Crippen LogP contribution in [0, 0.1) is 0 Å². The van der Waals surface area contributed by atoms with Crippen molar-refractivity contribution in [2.45, 2.75) is 434 Å². The van der Waals surface area contributed by atoms with Gasteiger partial charge in [0.2, 0.25) is 0 Å². The standard InChI is InChI=1S/C71H122N2.2C14H20O4.Ni/c1-5-9-13-15-17-19-21-23-25-27-29-31-33-35-37-39-41-43-45-47-49-52-58-66-60-54-56-63-68(66)72-70(62-12-8-4)71(65-51-11-7-3)73-69-64-57-55-61-67(69)59-53-50-48-46-44-42-40-38-36-34-32-30-28-26-24-22-20-18-16-14-10-6-2;2*1-3-5-6-7-10-9(4-2)8-11(15)13(16)12(10)14(17)18;/h45-48,54-57,60-61,63-64H,5-44,49-53,58-59,62,65H2,1-4H3;2*8,15-16H,3-7H2,1-2H3,(H,17,18);/q;;;+2/p-2. The average Bonchev–Trinajstić information content (AvgIpc) is 0.809. The summed E-state index contributed by atoms with van der Waals surface area (Å²) in [6.07, 6.45) is 84.0. The summed E-state index contributed by atoms with van der Waals surface area (Å²) in [5.74, 6) is -4.99. The van der Waals surface area contributed by atoms with Crippen molar-refractivity contribution >= 4 is 34.7 Å². The average molecular weight is 1570 g/mol. The van der Waals surface area contributed by atoms with Gasteiger partial charge < -0.3 is 30.6 Å². The van der Waals surface area contributed by atoms with E-state index in [1.165, 1.54) is 304 Å². The van der Waals surface area contributed by atoms with Gasteiger partial charge in [-0.1, -0.05) is 378 Å². The minimum atomic E-state index is -1.25. The molecule has 624 valence electrons. The van der Waals surface area contributed by atoms with Gasteiger partial charge in [0.05, 0.1) is 33.9 Å². The number of phenols is 2. The third kappa shape index (κ3) is 48.4. The molecule has 110 heavy (non-hydrogen) atoms. The summed E-state index contributed by atoms with van der Waals surface area (Å²) in [7, 11) is 0. The molecule has 10 nitrogen and oxygen atoms in total. The number of allylic oxidation sites excluding steroid dienone is 4. The number of carboxylic acids is 2. The Bertz CT molecular complexity index is 2970. The van der Waals surface area contributed by atoms with Gasteiger partial charge >= 0.3 is 28.4 Å². The maximum atomic E-state index is 11.7. The number of aromatic carboxylic acids is 2. The Hall–Kier alpha value is -5.67. The SMILES string of the molecule is CCCCCCCCCCCCCCCCCCCC=CCCCc1ccccc1N=C(CCCC)C(CCCCC)=Nc1ccccc1CCCC=CCCCCCCCCCCCCCCCCCCC.CCCCCc1c(CC)cc(O)c([O-])c1C(=O)O.CCCCCc1c(CC)cc(O)c([O-])c1C(=O)O.[Ni+2]. The predicted molar refractivity (Wildman–Crippen MR) is 467 cm³/mol. The smallest absolute Gasteiger partial charge is 0.869 e. The van der Waals surface area contributed by atoms with E-state index in [2.05, 4.69) is 114 Å². The third-order valence-electron chi connectivity index (χ3n) is 21.7. The van der Waals surface area contributed by atoms with E-state index in [9.17, 15) is 30.0 Å². The zero-order chi connectivity index (χ0) is 79.4. The number of carboxylic acid groups (broad SMARTS) is 2. The molecule has 0 spiro atoms. The van der Waals surface area contributed by atoms with E-state index < -0.39 is 34.9 Å². The molecular weight excluding hydrogens is 1400 g/mol. The van der Waals surface area contributed by atoms with Gasteiger partial charge in [0.25, 0.3) is 0 Å². The largest absolute Gasteiger partial charge is 2.00 e. The van der Waals surface area contributed by atoms with Gasteiger partial charge in [-0.2, -0.15) is 0 Å². The third-order valence-corrected chi connectivity index (χ3v) is 21.7. The Labute approximate surface area is 684 Å². The quantitative estimate of drug-likeness (QED) is 0.0146. The monoisotopic (exact) mass is 1560 g/mol. The van der Waals surface area contributed by atoms with Gasteiger partial charge in [-0.25, -0.2) is 9.59 Å². The van der Waals surface area contributed by atoms with Crippen molar-refractivity contribution in [2.24, 2.45) is 9.98 Å². The van der Waals surface area contributed by atoms with E-state index >= 15 is 0 Å². The maximum absolute atomic E-state index is 11.7. The maximum Gasteiger partial charge on any atom is 2.00 e. The van der Waals surface area contributed by atoms with Crippen LogP contribution in [-0.2, 0) is 55.0 Å². The van der Waals surface area contributed by atoms with Crippen molar-refractivity contribution in [2.75, 3.05) is 0 Å². The van der Waals surface area contributed by atoms with E-state index in [0.717, 1.165) is 106 Å². The number of phenolic OH excluding ortho intramolecular Hbond substituents is 2. The van der Waals surface area contributed by atoms with Gasteiger partial charge in [0, 0.05) is 0 Å². The first-order valence-electron chi connectivity index (χ1n) is 45.4. The summed E-state index contributed by atoms with van der Waals surface area (Å²) < 4.78 is 0. The predicted octanol–water partition coefficient (Wildman–Crippen LogP) is 30.1. The minimum Gasteiger partial charge on any atom is -0.869 e. The molecule has 0 atom stereocenters. The molecular formula is C99H160N2NiO8. The van der Waals surface area contributed by atoms with Crippen LogP contribution in [0.2, 0.25) is 0 Å². The topological polar surface area (TPSA) is 186 Å². The van der Waals surface area contributed by atoms with E-state index in [0.29, 0.717) is 36.8 Å². The van der Waals surface area contributed by atoms with Crippen LogP contribution < -0.4 is 10.2 Å². The molecule has 0 aliphatic rings. The molecule has 4 N–H and O–H groups in total. The fourth-order valence-corrected chi connectivity index (χ4v) is 14.9.